The molecule has 1 aliphatic rings. The summed E-state index contributed by atoms with van der Waals surface area (Å²) in [5, 5.41) is 9.82. The summed E-state index contributed by atoms with van der Waals surface area (Å²) in [5.41, 5.74) is 0.811. The predicted molar refractivity (Wildman–Crippen MR) is 117 cm³/mol. The van der Waals surface area contributed by atoms with Crippen molar-refractivity contribution in [2.45, 2.75) is 89.5 Å². The van der Waals surface area contributed by atoms with Crippen molar-refractivity contribution in [3.63, 3.8) is 0 Å². The topological polar surface area (TPSA) is 37.3 Å². The zero-order valence-corrected chi connectivity index (χ0v) is 20.2. The summed E-state index contributed by atoms with van der Waals surface area (Å²) in [4.78, 5) is 12.0. The normalized spacial score (nSPS) is 30.9. The fourth-order valence-corrected chi connectivity index (χ4v) is 6.06. The van der Waals surface area contributed by atoms with E-state index in [9.17, 15) is 9.90 Å². The molecular weight excluding hydrogens is 332 g/mol. The second-order valence-electron chi connectivity index (χ2n) is 13.3. The summed E-state index contributed by atoms with van der Waals surface area (Å²) >= 11 is 0. The van der Waals surface area contributed by atoms with Crippen molar-refractivity contribution >= 4 is 5.97 Å². The van der Waals surface area contributed by atoms with Crippen LogP contribution in [0.15, 0.2) is 12.2 Å². The van der Waals surface area contributed by atoms with Crippen LogP contribution in [0.3, 0.4) is 0 Å². The minimum absolute atomic E-state index is 0.0212. The highest BCUT2D eigenvalue weighted by atomic mass is 16.4. The van der Waals surface area contributed by atoms with Crippen LogP contribution in [0.2, 0.25) is 0 Å². The van der Waals surface area contributed by atoms with Gasteiger partial charge in [0.05, 0.1) is 0 Å². The Bertz CT molecular complexity index is 557. The van der Waals surface area contributed by atoms with Gasteiger partial charge >= 0.3 is 5.97 Å². The molecule has 1 N–H and O–H groups in total. The van der Waals surface area contributed by atoms with Crippen LogP contribution in [0.25, 0.3) is 0 Å². The molecule has 0 aromatic heterocycles. The van der Waals surface area contributed by atoms with Crippen molar-refractivity contribution in [2.75, 3.05) is 0 Å². The Labute approximate surface area is 169 Å². The van der Waals surface area contributed by atoms with Crippen LogP contribution in [0.4, 0.5) is 0 Å². The molecule has 0 aromatic rings. The average Bonchev–Trinajstić information content (AvgIpc) is 2.39. The maximum Gasteiger partial charge on any atom is 0.331 e. The molecule has 158 valence electrons. The van der Waals surface area contributed by atoms with E-state index in [1.165, 1.54) is 0 Å². The molecule has 2 heteroatoms. The van der Waals surface area contributed by atoms with Crippen molar-refractivity contribution in [3.8, 4) is 0 Å². The second kappa shape index (κ2) is 7.23. The van der Waals surface area contributed by atoms with Gasteiger partial charge in [0.15, 0.2) is 0 Å². The molecular formula is C25H46O2. The highest BCUT2D eigenvalue weighted by molar-refractivity contribution is 5.86. The third kappa shape index (κ3) is 5.18. The molecule has 0 saturated heterocycles. The summed E-state index contributed by atoms with van der Waals surface area (Å²) < 4.78 is 0. The Hall–Kier alpha value is -0.790. The van der Waals surface area contributed by atoms with E-state index in [0.717, 1.165) is 6.42 Å². The van der Waals surface area contributed by atoms with Gasteiger partial charge in [0.2, 0.25) is 0 Å². The largest absolute Gasteiger partial charge is 0.478 e. The summed E-state index contributed by atoms with van der Waals surface area (Å²) in [5.74, 6) is 0.903. The van der Waals surface area contributed by atoms with Gasteiger partial charge in [-0.3, -0.25) is 0 Å². The molecule has 1 saturated carbocycles. The van der Waals surface area contributed by atoms with E-state index in [-0.39, 0.29) is 27.6 Å². The van der Waals surface area contributed by atoms with Gasteiger partial charge < -0.3 is 5.11 Å². The Balaban J connectivity index is 3.80. The Kier molecular flexibility index (Phi) is 6.49. The molecule has 0 spiro atoms. The third-order valence-corrected chi connectivity index (χ3v) is 6.98. The van der Waals surface area contributed by atoms with Gasteiger partial charge in [0.1, 0.15) is 0 Å². The molecule has 1 rings (SSSR count). The lowest BCUT2D eigenvalue weighted by Crippen LogP contribution is -2.56. The molecule has 0 aromatic carbocycles. The van der Waals surface area contributed by atoms with Crippen LogP contribution in [-0.4, -0.2) is 11.1 Å². The molecule has 0 aliphatic heterocycles. The summed E-state index contributed by atoms with van der Waals surface area (Å²) in [6, 6.07) is 0. The SMILES string of the molecule is C=C(C(=O)O)C1CC(C(C)(C)C)C(C(C)(C)C)C(C(C)(C)C)C1C(C)(C)C. The van der Waals surface area contributed by atoms with Crippen LogP contribution in [0.5, 0.6) is 0 Å². The maximum atomic E-state index is 12.0. The minimum atomic E-state index is -0.830. The van der Waals surface area contributed by atoms with Gasteiger partial charge in [0.25, 0.3) is 0 Å². The fraction of sp³-hybridized carbons (Fsp3) is 0.880. The third-order valence-electron chi connectivity index (χ3n) is 6.98. The first-order chi connectivity index (χ1) is 11.7. The minimum Gasteiger partial charge on any atom is -0.478 e. The first kappa shape index (κ1) is 24.2. The van der Waals surface area contributed by atoms with Crippen molar-refractivity contribution in [1.29, 1.82) is 0 Å². The Morgan fingerprint density at radius 2 is 1.07 bits per heavy atom. The van der Waals surface area contributed by atoms with E-state index in [0.29, 0.717) is 29.2 Å². The average molecular weight is 379 g/mol. The molecule has 0 heterocycles. The highest BCUT2D eigenvalue weighted by Gasteiger charge is 2.58. The Morgan fingerprint density at radius 3 is 1.33 bits per heavy atom. The number of aliphatic carboxylic acids is 1. The smallest absolute Gasteiger partial charge is 0.331 e. The van der Waals surface area contributed by atoms with E-state index in [1.54, 1.807) is 0 Å². The van der Waals surface area contributed by atoms with Crippen LogP contribution in [0.1, 0.15) is 89.5 Å². The molecule has 1 fully saturated rings. The van der Waals surface area contributed by atoms with Gasteiger partial charge in [-0.2, -0.15) is 0 Å². The molecule has 27 heavy (non-hydrogen) atoms. The fourth-order valence-electron chi connectivity index (χ4n) is 6.06. The van der Waals surface area contributed by atoms with Gasteiger partial charge in [-0.25, -0.2) is 4.79 Å². The molecule has 0 amide bonds. The van der Waals surface area contributed by atoms with Crippen molar-refractivity contribution < 1.29 is 9.90 Å². The monoisotopic (exact) mass is 378 g/mol. The van der Waals surface area contributed by atoms with Gasteiger partial charge in [-0.15, -0.1) is 0 Å². The molecule has 2 nitrogen and oxygen atoms in total. The first-order valence-corrected chi connectivity index (χ1v) is 10.6. The van der Waals surface area contributed by atoms with Gasteiger partial charge in [-0.1, -0.05) is 89.7 Å². The van der Waals surface area contributed by atoms with Crippen molar-refractivity contribution in [1.82, 2.24) is 0 Å². The lowest BCUT2D eigenvalue weighted by Gasteiger charge is -2.62. The predicted octanol–water partition coefficient (Wildman–Crippen LogP) is 7.30. The molecule has 5 unspecified atom stereocenters. The van der Waals surface area contributed by atoms with Crippen molar-refractivity contribution in [2.24, 2.45) is 51.2 Å². The standard InChI is InChI=1S/C25H46O2/c1-15(21(26)27)16-14-17(22(2,3)4)19(24(8,9)10)20(25(11,12)13)18(16)23(5,6)7/h16-20H,1,14H2,2-13H3,(H,26,27). The van der Waals surface area contributed by atoms with E-state index >= 15 is 0 Å². The van der Waals surface area contributed by atoms with Gasteiger partial charge in [0, 0.05) is 5.57 Å². The van der Waals surface area contributed by atoms with E-state index in [1.807, 2.05) is 0 Å². The van der Waals surface area contributed by atoms with Crippen LogP contribution < -0.4 is 0 Å². The van der Waals surface area contributed by atoms with Crippen molar-refractivity contribution in [3.05, 3.63) is 12.2 Å². The number of hydrogen-bond donors (Lipinski definition) is 1. The summed E-state index contributed by atoms with van der Waals surface area (Å²) in [6.07, 6.45) is 0.922. The van der Waals surface area contributed by atoms with Crippen LogP contribution >= 0.6 is 0 Å². The van der Waals surface area contributed by atoms with Crippen LogP contribution in [0, 0.1) is 51.2 Å². The molecule has 5 atom stereocenters. The van der Waals surface area contributed by atoms with E-state index in [4.69, 9.17) is 0 Å². The lowest BCUT2D eigenvalue weighted by atomic mass is 9.42. The zero-order valence-electron chi connectivity index (χ0n) is 20.2. The number of carboxylic acids is 1. The number of hydrogen-bond acceptors (Lipinski definition) is 1. The summed E-state index contributed by atoms with van der Waals surface area (Å²) in [7, 11) is 0. The summed E-state index contributed by atoms with van der Waals surface area (Å²) in [6.45, 7) is 32.1. The molecule has 0 radical (unpaired) electrons. The Morgan fingerprint density at radius 1 is 0.704 bits per heavy atom. The second-order valence-corrected chi connectivity index (χ2v) is 13.3. The number of carbonyl (C=O) groups is 1. The molecule has 1 aliphatic carbocycles. The molecule has 0 bridgehead atoms. The number of carboxylic acid groups (broad SMARTS) is 1. The maximum absolute atomic E-state index is 12.0. The number of rotatable bonds is 2. The van der Waals surface area contributed by atoms with E-state index in [2.05, 4.69) is 89.7 Å². The lowest BCUT2D eigenvalue weighted by molar-refractivity contribution is -0.143. The van der Waals surface area contributed by atoms with Gasteiger partial charge in [-0.05, 0) is 57.7 Å². The highest BCUT2D eigenvalue weighted by Crippen LogP contribution is 2.63. The first-order valence-electron chi connectivity index (χ1n) is 10.6. The quantitative estimate of drug-likeness (QED) is 0.512. The van der Waals surface area contributed by atoms with Crippen LogP contribution in [-0.2, 0) is 4.79 Å². The zero-order chi connectivity index (χ0) is 21.7. The van der Waals surface area contributed by atoms with E-state index < -0.39 is 5.97 Å².